The van der Waals surface area contributed by atoms with Crippen molar-refractivity contribution in [3.63, 3.8) is 0 Å². The van der Waals surface area contributed by atoms with Gasteiger partial charge in [-0.15, -0.1) is 0 Å². The Bertz CT molecular complexity index is 1110. The second-order valence-corrected chi connectivity index (χ2v) is 9.06. The molecule has 3 fully saturated rings. The van der Waals surface area contributed by atoms with E-state index in [1.807, 2.05) is 22.9 Å². The van der Waals surface area contributed by atoms with Gasteiger partial charge in [0, 0.05) is 24.0 Å². The second-order valence-electron chi connectivity index (χ2n) is 9.06. The molecule has 3 aliphatic rings. The van der Waals surface area contributed by atoms with E-state index in [9.17, 15) is 0 Å². The maximum atomic E-state index is 6.33. The number of benzene rings is 1. The Morgan fingerprint density at radius 2 is 2.13 bits per heavy atom. The molecule has 2 aromatic heterocycles. The molecular weight excluding hydrogens is 389 g/mol. The summed E-state index contributed by atoms with van der Waals surface area (Å²) in [6.45, 7) is 2.69. The van der Waals surface area contributed by atoms with Crippen LogP contribution in [0.2, 0.25) is 0 Å². The van der Waals surface area contributed by atoms with Gasteiger partial charge in [-0.05, 0) is 51.1 Å². The zero-order valence-corrected chi connectivity index (χ0v) is 17.6. The average Bonchev–Trinajstić information content (AvgIpc) is 3.47. The van der Waals surface area contributed by atoms with Crippen molar-refractivity contribution in [1.82, 2.24) is 25.1 Å². The van der Waals surface area contributed by atoms with Crippen molar-refractivity contribution in [1.29, 1.82) is 0 Å². The van der Waals surface area contributed by atoms with E-state index in [1.165, 1.54) is 19.3 Å². The van der Waals surface area contributed by atoms with Crippen LogP contribution in [0.4, 0.5) is 0 Å². The van der Waals surface area contributed by atoms with Gasteiger partial charge in [-0.3, -0.25) is 4.98 Å². The summed E-state index contributed by atoms with van der Waals surface area (Å²) in [5, 5.41) is 9.33. The van der Waals surface area contributed by atoms with Crippen LogP contribution in [0.5, 0.6) is 5.88 Å². The molecule has 158 valence electrons. The van der Waals surface area contributed by atoms with Crippen LogP contribution < -0.4 is 15.5 Å². The number of nitrogens with one attached hydrogen (secondary N) is 1. The highest BCUT2D eigenvalue weighted by molar-refractivity contribution is 6.33. The van der Waals surface area contributed by atoms with Crippen molar-refractivity contribution in [3.8, 4) is 17.3 Å². The quantitative estimate of drug-likeness (QED) is 0.661. The number of hydrogen-bond donors (Lipinski definition) is 1. The van der Waals surface area contributed by atoms with Crippen LogP contribution in [-0.2, 0) is 4.74 Å². The van der Waals surface area contributed by atoms with Gasteiger partial charge in [0.25, 0.3) is 0 Å². The summed E-state index contributed by atoms with van der Waals surface area (Å²) in [5.74, 6) is 0.554. The van der Waals surface area contributed by atoms with E-state index in [2.05, 4.69) is 10.3 Å². The van der Waals surface area contributed by atoms with Crippen LogP contribution in [0.25, 0.3) is 22.3 Å². The van der Waals surface area contributed by atoms with Crippen molar-refractivity contribution in [2.45, 2.75) is 50.9 Å². The Hall–Kier alpha value is -2.45. The Labute approximate surface area is 183 Å². The third-order valence-electron chi connectivity index (χ3n) is 6.98. The summed E-state index contributed by atoms with van der Waals surface area (Å²) in [6.07, 6.45) is 10.4. The Morgan fingerprint density at radius 1 is 1.19 bits per heavy atom. The Morgan fingerprint density at radius 3 is 2.97 bits per heavy atom. The highest BCUT2D eigenvalue weighted by Crippen LogP contribution is 2.53. The topological polar surface area (TPSA) is 74.1 Å². The first kappa shape index (κ1) is 19.3. The summed E-state index contributed by atoms with van der Waals surface area (Å²) in [4.78, 5) is 9.22. The molecule has 1 aliphatic carbocycles. The van der Waals surface area contributed by atoms with Crippen LogP contribution >= 0.6 is 0 Å². The predicted octanol–water partition coefficient (Wildman–Crippen LogP) is 2.51. The molecule has 8 heteroatoms. The minimum Gasteiger partial charge on any atom is -0.471 e. The van der Waals surface area contributed by atoms with Crippen LogP contribution in [0.3, 0.4) is 0 Å². The molecule has 1 N–H and O–H groups in total. The third-order valence-corrected chi connectivity index (χ3v) is 6.98. The first-order valence-electron chi connectivity index (χ1n) is 11.3. The molecule has 1 unspecified atom stereocenters. The Balaban J connectivity index is 1.37. The molecule has 2 aliphatic heterocycles. The lowest BCUT2D eigenvalue weighted by atomic mass is 9.92. The lowest BCUT2D eigenvalue weighted by Gasteiger charge is -2.32. The van der Waals surface area contributed by atoms with E-state index in [1.54, 1.807) is 12.4 Å². The number of hydrogen-bond acceptors (Lipinski definition) is 6. The van der Waals surface area contributed by atoms with Crippen LogP contribution in [0.15, 0.2) is 30.6 Å². The fraction of sp³-hybridized carbons (Fsp3) is 0.522. The fourth-order valence-corrected chi connectivity index (χ4v) is 5.00. The van der Waals surface area contributed by atoms with Gasteiger partial charge in [-0.2, -0.15) is 5.10 Å². The minimum atomic E-state index is -0.0657. The molecule has 6 rings (SSSR count). The molecule has 2 saturated heterocycles. The molecule has 1 saturated carbocycles. The highest BCUT2D eigenvalue weighted by Gasteiger charge is 2.52. The number of rotatable bonds is 4. The zero-order chi connectivity index (χ0) is 20.8. The molecule has 0 bridgehead atoms. The largest absolute Gasteiger partial charge is 0.471 e. The molecule has 1 aromatic carbocycles. The van der Waals surface area contributed by atoms with Crippen molar-refractivity contribution in [2.24, 2.45) is 5.41 Å². The van der Waals surface area contributed by atoms with E-state index in [-0.39, 0.29) is 12.3 Å². The summed E-state index contributed by atoms with van der Waals surface area (Å²) in [5.41, 5.74) is 3.47. The van der Waals surface area contributed by atoms with E-state index >= 15 is 0 Å². The van der Waals surface area contributed by atoms with E-state index < -0.39 is 0 Å². The average molecular weight is 415 g/mol. The first-order chi connectivity index (χ1) is 15.2. The third kappa shape index (κ3) is 3.51. The van der Waals surface area contributed by atoms with Gasteiger partial charge in [0.2, 0.25) is 5.88 Å². The number of piperidine rings is 1. The summed E-state index contributed by atoms with van der Waals surface area (Å²) < 4.78 is 14.3. The van der Waals surface area contributed by atoms with Crippen LogP contribution in [0, 0.1) is 5.41 Å². The predicted molar refractivity (Wildman–Crippen MR) is 119 cm³/mol. The van der Waals surface area contributed by atoms with Gasteiger partial charge in [0.15, 0.2) is 6.23 Å². The smallest absolute Gasteiger partial charge is 0.233 e. The van der Waals surface area contributed by atoms with Crippen molar-refractivity contribution in [2.75, 3.05) is 19.7 Å². The molecular formula is C23H26BN5O2. The van der Waals surface area contributed by atoms with Gasteiger partial charge < -0.3 is 14.8 Å². The van der Waals surface area contributed by atoms with E-state index in [0.29, 0.717) is 22.5 Å². The van der Waals surface area contributed by atoms with Crippen molar-refractivity contribution < 1.29 is 9.47 Å². The van der Waals surface area contributed by atoms with Gasteiger partial charge in [-0.25, -0.2) is 9.67 Å². The molecule has 3 aromatic rings. The Kier molecular flexibility index (Phi) is 4.72. The second kappa shape index (κ2) is 7.60. The number of nitrogens with zero attached hydrogens (tertiary/aromatic N) is 4. The minimum absolute atomic E-state index is 0.0657. The maximum absolute atomic E-state index is 6.33. The van der Waals surface area contributed by atoms with Crippen LogP contribution in [-0.4, -0.2) is 53.4 Å². The normalized spacial score (nSPS) is 25.0. The molecule has 2 atom stereocenters. The summed E-state index contributed by atoms with van der Waals surface area (Å²) in [6, 6.07) is 5.87. The molecule has 4 heterocycles. The van der Waals surface area contributed by atoms with Gasteiger partial charge >= 0.3 is 0 Å². The monoisotopic (exact) mass is 415 g/mol. The number of fused-ring (bicyclic) bond motifs is 1. The van der Waals surface area contributed by atoms with Crippen molar-refractivity contribution in [3.05, 3.63) is 30.6 Å². The van der Waals surface area contributed by atoms with E-state index in [4.69, 9.17) is 27.4 Å². The molecule has 2 radical (unpaired) electrons. The highest BCUT2D eigenvalue weighted by atomic mass is 16.5. The SMILES string of the molecule is [B]c1ccc2c(c1)c(-c1cncc(O[C@H]3CNCCC34CC4)n1)nn2C1CCCCO1. The molecule has 31 heavy (non-hydrogen) atoms. The van der Waals surface area contributed by atoms with Crippen molar-refractivity contribution >= 4 is 24.2 Å². The molecule has 7 nitrogen and oxygen atoms in total. The maximum Gasteiger partial charge on any atom is 0.233 e. The number of aromatic nitrogens is 4. The summed E-state index contributed by atoms with van der Waals surface area (Å²) >= 11 is 0. The molecule has 1 spiro atoms. The summed E-state index contributed by atoms with van der Waals surface area (Å²) in [7, 11) is 6.11. The standard InChI is InChI=1S/C23H26BN5O2/c24-15-4-5-18-16(11-15)22(28-29(18)21-3-1-2-10-30-21)17-12-26-14-20(27-17)31-19-13-25-9-8-23(19)6-7-23/h4-5,11-12,14,19,21,25H,1-3,6-10,13H2/t19-,21?/m0/s1. The lowest BCUT2D eigenvalue weighted by molar-refractivity contribution is -0.0365. The van der Waals surface area contributed by atoms with Crippen LogP contribution in [0.1, 0.15) is 44.8 Å². The van der Waals surface area contributed by atoms with Gasteiger partial charge in [0.05, 0.1) is 17.9 Å². The van der Waals surface area contributed by atoms with Gasteiger partial charge in [0.1, 0.15) is 25.3 Å². The number of ether oxygens (including phenoxy) is 2. The first-order valence-corrected chi connectivity index (χ1v) is 11.3. The molecule has 0 amide bonds. The fourth-order valence-electron chi connectivity index (χ4n) is 5.00. The lowest BCUT2D eigenvalue weighted by Crippen LogP contribution is -2.45. The van der Waals surface area contributed by atoms with Gasteiger partial charge in [-0.1, -0.05) is 17.6 Å². The van der Waals surface area contributed by atoms with E-state index in [0.717, 1.165) is 55.6 Å². The zero-order valence-electron chi connectivity index (χ0n) is 17.6.